The number of aromatic nitrogens is 1. The van der Waals surface area contributed by atoms with Crippen LogP contribution in [0.1, 0.15) is 47.1 Å². The van der Waals surface area contributed by atoms with Gasteiger partial charge in [-0.15, -0.1) is 0 Å². The fraction of sp³-hybridized carbons (Fsp3) is 0.289. The first-order valence-corrected chi connectivity index (χ1v) is 15.5. The second-order valence-electron chi connectivity index (χ2n) is 11.6. The summed E-state index contributed by atoms with van der Waals surface area (Å²) in [7, 11) is 0. The van der Waals surface area contributed by atoms with Crippen LogP contribution in [0.2, 0.25) is 0 Å². The zero-order valence-corrected chi connectivity index (χ0v) is 25.3. The number of piperazine rings is 1. The molecule has 220 valence electrons. The summed E-state index contributed by atoms with van der Waals surface area (Å²) in [5.74, 6) is 0.986. The molecule has 0 N–H and O–H groups in total. The van der Waals surface area contributed by atoms with E-state index in [0.29, 0.717) is 13.0 Å². The lowest BCUT2D eigenvalue weighted by Crippen LogP contribution is -2.48. The summed E-state index contributed by atoms with van der Waals surface area (Å²) in [6.07, 6.45) is 2.71. The molecule has 2 heterocycles. The van der Waals surface area contributed by atoms with Crippen molar-refractivity contribution in [3.05, 3.63) is 137 Å². The van der Waals surface area contributed by atoms with Gasteiger partial charge in [0.25, 0.3) is 0 Å². The highest BCUT2D eigenvalue weighted by atomic mass is 16.5. The highest BCUT2D eigenvalue weighted by Gasteiger charge is 2.27. The van der Waals surface area contributed by atoms with Crippen molar-refractivity contribution in [3.8, 4) is 5.75 Å². The van der Waals surface area contributed by atoms with E-state index < -0.39 is 0 Å². The molecule has 6 rings (SSSR count). The number of likely N-dealkylation sites (N-methyl/N-ethyl adjacent to an activating group) is 1. The summed E-state index contributed by atoms with van der Waals surface area (Å²) < 4.78 is 8.43. The van der Waals surface area contributed by atoms with Crippen molar-refractivity contribution < 1.29 is 9.53 Å². The number of para-hydroxylation sites is 1. The quantitative estimate of drug-likeness (QED) is 0.177. The molecule has 5 heteroatoms. The van der Waals surface area contributed by atoms with Crippen molar-refractivity contribution in [2.75, 3.05) is 32.7 Å². The molecule has 1 saturated heterocycles. The van der Waals surface area contributed by atoms with E-state index in [1.54, 1.807) is 0 Å². The van der Waals surface area contributed by atoms with Crippen LogP contribution in [-0.4, -0.2) is 53.0 Å². The van der Waals surface area contributed by atoms with E-state index >= 15 is 0 Å². The van der Waals surface area contributed by atoms with Crippen LogP contribution < -0.4 is 4.74 Å². The molecule has 1 amide bonds. The molecule has 0 spiro atoms. The van der Waals surface area contributed by atoms with Gasteiger partial charge in [-0.1, -0.05) is 97.4 Å². The second kappa shape index (κ2) is 13.3. The lowest BCUT2D eigenvalue weighted by Gasteiger charge is -2.35. The molecular formula is C38H41N3O2. The number of nitrogens with zero attached hydrogens (tertiary/aromatic N) is 3. The van der Waals surface area contributed by atoms with Crippen LogP contribution in [-0.2, 0) is 17.9 Å². The van der Waals surface area contributed by atoms with Crippen molar-refractivity contribution in [2.45, 2.75) is 39.3 Å². The number of ether oxygens (including phenoxy) is 1. The molecule has 1 aromatic heterocycles. The number of fused-ring (bicyclic) bond motifs is 1. The molecule has 43 heavy (non-hydrogen) atoms. The van der Waals surface area contributed by atoms with Crippen LogP contribution in [0.4, 0.5) is 0 Å². The first-order valence-electron chi connectivity index (χ1n) is 15.5. The Balaban J connectivity index is 1.31. The summed E-state index contributed by atoms with van der Waals surface area (Å²) in [6, 6.07) is 35.9. The number of hydrogen-bond donors (Lipinski definition) is 0. The van der Waals surface area contributed by atoms with Crippen LogP contribution in [0.25, 0.3) is 10.9 Å². The second-order valence-corrected chi connectivity index (χ2v) is 11.6. The predicted molar refractivity (Wildman–Crippen MR) is 175 cm³/mol. The minimum atomic E-state index is -0.0657. The van der Waals surface area contributed by atoms with Gasteiger partial charge in [-0.3, -0.25) is 4.79 Å². The van der Waals surface area contributed by atoms with Gasteiger partial charge in [-0.2, -0.15) is 0 Å². The van der Waals surface area contributed by atoms with E-state index in [1.807, 2.05) is 30.3 Å². The molecule has 4 aromatic carbocycles. The van der Waals surface area contributed by atoms with Gasteiger partial charge in [0.15, 0.2) is 0 Å². The molecule has 5 nitrogen and oxygen atoms in total. The first-order chi connectivity index (χ1) is 21.1. The summed E-state index contributed by atoms with van der Waals surface area (Å²) in [4.78, 5) is 18.3. The molecule has 1 fully saturated rings. The molecular weight excluding hydrogens is 530 g/mol. The number of carbonyl (C=O) groups excluding carboxylic acids is 1. The largest absolute Gasteiger partial charge is 0.489 e. The molecule has 5 aromatic rings. The standard InChI is InChI=1S/C38H41N3O2/c1-3-39-21-23-40(24-22-39)38(42)25-35(32-17-19-33(20-18-32)43-28-31-9-5-4-6-10-31)36-27-41(37-12-8-7-11-34(36)37)26-30-15-13-29(2)14-16-30/h4-20,27,35H,3,21-26,28H2,1-2H3/t35-/m0/s1. The number of aryl methyl sites for hydroxylation is 1. The zero-order chi connectivity index (χ0) is 29.6. The third-order valence-electron chi connectivity index (χ3n) is 8.75. The maximum absolute atomic E-state index is 13.8. The molecule has 0 unspecified atom stereocenters. The number of amides is 1. The minimum Gasteiger partial charge on any atom is -0.489 e. The van der Waals surface area contributed by atoms with Crippen LogP contribution in [0.5, 0.6) is 5.75 Å². The number of carbonyl (C=O) groups is 1. The zero-order valence-electron chi connectivity index (χ0n) is 25.3. The van der Waals surface area contributed by atoms with Crippen molar-refractivity contribution in [1.82, 2.24) is 14.4 Å². The average molecular weight is 572 g/mol. The van der Waals surface area contributed by atoms with Crippen LogP contribution in [0, 0.1) is 6.92 Å². The Hall–Kier alpha value is -4.35. The average Bonchev–Trinajstić information content (AvgIpc) is 3.42. The Labute approximate surface area is 255 Å². The molecule has 0 saturated carbocycles. The monoisotopic (exact) mass is 571 g/mol. The third kappa shape index (κ3) is 6.84. The van der Waals surface area contributed by atoms with Crippen LogP contribution >= 0.6 is 0 Å². The molecule has 0 bridgehead atoms. The van der Waals surface area contributed by atoms with E-state index in [1.165, 1.54) is 27.6 Å². The van der Waals surface area contributed by atoms with Crippen molar-refractivity contribution in [1.29, 1.82) is 0 Å². The van der Waals surface area contributed by atoms with Crippen LogP contribution in [0.15, 0.2) is 109 Å². The van der Waals surface area contributed by atoms with Gasteiger partial charge in [-0.25, -0.2) is 0 Å². The summed E-state index contributed by atoms with van der Waals surface area (Å²) in [5.41, 5.74) is 7.18. The third-order valence-corrected chi connectivity index (χ3v) is 8.75. The highest BCUT2D eigenvalue weighted by molar-refractivity contribution is 5.87. The van der Waals surface area contributed by atoms with Crippen molar-refractivity contribution in [3.63, 3.8) is 0 Å². The fourth-order valence-electron chi connectivity index (χ4n) is 6.14. The lowest BCUT2D eigenvalue weighted by atomic mass is 9.87. The molecule has 1 aliphatic rings. The van der Waals surface area contributed by atoms with E-state index in [4.69, 9.17) is 4.74 Å². The van der Waals surface area contributed by atoms with Gasteiger partial charge in [0.05, 0.1) is 0 Å². The maximum atomic E-state index is 13.8. The molecule has 1 atom stereocenters. The summed E-state index contributed by atoms with van der Waals surface area (Å²) in [6.45, 7) is 10.1. The summed E-state index contributed by atoms with van der Waals surface area (Å²) in [5, 5.41) is 1.20. The van der Waals surface area contributed by atoms with E-state index in [2.05, 4.69) is 107 Å². The minimum absolute atomic E-state index is 0.0657. The molecule has 0 aliphatic carbocycles. The van der Waals surface area contributed by atoms with E-state index in [9.17, 15) is 4.79 Å². The SMILES string of the molecule is CCN1CCN(C(=O)C[C@@H](c2ccc(OCc3ccccc3)cc2)c2cn(Cc3ccc(C)cc3)c3ccccc23)CC1. The molecule has 0 radical (unpaired) electrons. The smallest absolute Gasteiger partial charge is 0.223 e. The highest BCUT2D eigenvalue weighted by Crippen LogP contribution is 2.36. The first kappa shape index (κ1) is 28.8. The van der Waals surface area contributed by atoms with Gasteiger partial charge < -0.3 is 19.1 Å². The Bertz CT molecular complexity index is 1630. The van der Waals surface area contributed by atoms with Gasteiger partial charge in [0.2, 0.25) is 5.91 Å². The Morgan fingerprint density at radius 3 is 2.21 bits per heavy atom. The van der Waals surface area contributed by atoms with E-state index in [0.717, 1.165) is 56.1 Å². The Morgan fingerprint density at radius 2 is 1.49 bits per heavy atom. The number of rotatable bonds is 10. The topological polar surface area (TPSA) is 37.7 Å². The number of benzene rings is 4. The maximum Gasteiger partial charge on any atom is 0.223 e. The van der Waals surface area contributed by atoms with Gasteiger partial charge in [0.1, 0.15) is 12.4 Å². The normalized spacial score (nSPS) is 14.6. The van der Waals surface area contributed by atoms with Gasteiger partial charge in [-0.05, 0) is 53.9 Å². The Morgan fingerprint density at radius 1 is 0.791 bits per heavy atom. The van der Waals surface area contributed by atoms with Gasteiger partial charge in [0, 0.05) is 62.2 Å². The Kier molecular flexibility index (Phi) is 8.90. The molecule has 1 aliphatic heterocycles. The van der Waals surface area contributed by atoms with Crippen molar-refractivity contribution >= 4 is 16.8 Å². The number of hydrogen-bond acceptors (Lipinski definition) is 3. The predicted octanol–water partition coefficient (Wildman–Crippen LogP) is 7.26. The van der Waals surface area contributed by atoms with Gasteiger partial charge >= 0.3 is 0 Å². The van der Waals surface area contributed by atoms with Crippen LogP contribution in [0.3, 0.4) is 0 Å². The fourth-order valence-corrected chi connectivity index (χ4v) is 6.14. The van der Waals surface area contributed by atoms with E-state index in [-0.39, 0.29) is 11.8 Å². The van der Waals surface area contributed by atoms with Crippen molar-refractivity contribution in [2.24, 2.45) is 0 Å². The summed E-state index contributed by atoms with van der Waals surface area (Å²) >= 11 is 0. The lowest BCUT2D eigenvalue weighted by molar-refractivity contribution is -0.133.